The first-order chi connectivity index (χ1) is 9.24. The molecule has 100 valence electrons. The molecular weight excluding hydrogens is 245 g/mol. The van der Waals surface area contributed by atoms with E-state index in [0.717, 1.165) is 13.1 Å². The second kappa shape index (κ2) is 5.09. The van der Waals surface area contributed by atoms with Crippen molar-refractivity contribution in [1.82, 2.24) is 15.5 Å². The van der Waals surface area contributed by atoms with Crippen molar-refractivity contribution < 1.29 is 8.91 Å². The van der Waals surface area contributed by atoms with Gasteiger partial charge in [0.2, 0.25) is 5.89 Å². The maximum absolute atomic E-state index is 13.5. The van der Waals surface area contributed by atoms with Gasteiger partial charge in [-0.3, -0.25) is 0 Å². The molecule has 1 fully saturated rings. The maximum Gasteiger partial charge on any atom is 0.231 e. The molecule has 1 saturated heterocycles. The molecule has 2 heterocycles. The summed E-state index contributed by atoms with van der Waals surface area (Å²) >= 11 is 0. The zero-order valence-corrected chi connectivity index (χ0v) is 10.8. The Morgan fingerprint density at radius 2 is 2.21 bits per heavy atom. The van der Waals surface area contributed by atoms with Gasteiger partial charge in [-0.05, 0) is 24.1 Å². The van der Waals surface area contributed by atoms with Gasteiger partial charge in [0.15, 0.2) is 5.82 Å². The van der Waals surface area contributed by atoms with Crippen LogP contribution in [-0.2, 0) is 6.42 Å². The minimum Gasteiger partial charge on any atom is -0.339 e. The SMILES string of the molecule is CC1CNCC1c1nc(Cc2ccccc2F)no1. The molecule has 1 N–H and O–H groups in total. The molecule has 5 heteroatoms. The standard InChI is InChI=1S/C14H16FN3O/c1-9-7-16-8-11(9)14-17-13(18-19-14)6-10-4-2-3-5-12(10)15/h2-5,9,11,16H,6-8H2,1H3. The molecule has 2 atom stereocenters. The van der Waals surface area contributed by atoms with Crippen LogP contribution in [0.15, 0.2) is 28.8 Å². The van der Waals surface area contributed by atoms with Crippen molar-refractivity contribution in [3.05, 3.63) is 47.4 Å². The molecule has 0 aliphatic carbocycles. The lowest BCUT2D eigenvalue weighted by Crippen LogP contribution is -2.08. The van der Waals surface area contributed by atoms with Gasteiger partial charge >= 0.3 is 0 Å². The molecule has 0 radical (unpaired) electrons. The third-order valence-corrected chi connectivity index (χ3v) is 3.62. The smallest absolute Gasteiger partial charge is 0.231 e. The van der Waals surface area contributed by atoms with E-state index in [1.165, 1.54) is 6.07 Å². The van der Waals surface area contributed by atoms with Gasteiger partial charge in [0.1, 0.15) is 5.82 Å². The molecule has 1 aliphatic heterocycles. The Morgan fingerprint density at radius 1 is 1.37 bits per heavy atom. The van der Waals surface area contributed by atoms with Crippen molar-refractivity contribution in [2.75, 3.05) is 13.1 Å². The molecule has 1 aromatic carbocycles. The minimum absolute atomic E-state index is 0.232. The predicted molar refractivity (Wildman–Crippen MR) is 68.3 cm³/mol. The van der Waals surface area contributed by atoms with E-state index in [4.69, 9.17) is 4.52 Å². The largest absolute Gasteiger partial charge is 0.339 e. The Kier molecular flexibility index (Phi) is 3.29. The van der Waals surface area contributed by atoms with E-state index in [0.29, 0.717) is 29.6 Å². The summed E-state index contributed by atoms with van der Waals surface area (Å²) in [5.74, 6) is 1.72. The van der Waals surface area contributed by atoms with Crippen LogP contribution >= 0.6 is 0 Å². The maximum atomic E-state index is 13.5. The van der Waals surface area contributed by atoms with Gasteiger partial charge in [0.05, 0.1) is 5.92 Å². The molecule has 2 aromatic rings. The highest BCUT2D eigenvalue weighted by Crippen LogP contribution is 2.26. The first-order valence-corrected chi connectivity index (χ1v) is 6.50. The molecule has 2 unspecified atom stereocenters. The normalized spacial score (nSPS) is 22.8. The van der Waals surface area contributed by atoms with E-state index in [1.54, 1.807) is 12.1 Å². The van der Waals surface area contributed by atoms with Crippen molar-refractivity contribution in [3.63, 3.8) is 0 Å². The number of halogens is 1. The fourth-order valence-corrected chi connectivity index (χ4v) is 2.44. The average molecular weight is 261 g/mol. The quantitative estimate of drug-likeness (QED) is 0.919. The van der Waals surface area contributed by atoms with E-state index < -0.39 is 0 Å². The Hall–Kier alpha value is -1.75. The number of nitrogens with one attached hydrogen (secondary N) is 1. The summed E-state index contributed by atoms with van der Waals surface area (Å²) in [5, 5.41) is 7.25. The molecule has 1 aliphatic rings. The highest BCUT2D eigenvalue weighted by molar-refractivity contribution is 5.20. The second-order valence-corrected chi connectivity index (χ2v) is 5.06. The van der Waals surface area contributed by atoms with Crippen molar-refractivity contribution in [3.8, 4) is 0 Å². The Labute approximate surface area is 111 Å². The Balaban J connectivity index is 1.77. The average Bonchev–Trinajstić information content (AvgIpc) is 3.01. The first kappa shape index (κ1) is 12.3. The van der Waals surface area contributed by atoms with E-state index in [-0.39, 0.29) is 11.7 Å². The van der Waals surface area contributed by atoms with Gasteiger partial charge in [-0.25, -0.2) is 4.39 Å². The van der Waals surface area contributed by atoms with Crippen LogP contribution in [0.1, 0.15) is 30.1 Å². The van der Waals surface area contributed by atoms with E-state index >= 15 is 0 Å². The van der Waals surface area contributed by atoms with Crippen molar-refractivity contribution >= 4 is 0 Å². The van der Waals surface area contributed by atoms with Crippen LogP contribution in [0.4, 0.5) is 4.39 Å². The van der Waals surface area contributed by atoms with Gasteiger partial charge in [0.25, 0.3) is 0 Å². The molecule has 1 aromatic heterocycles. The van der Waals surface area contributed by atoms with Crippen LogP contribution in [0, 0.1) is 11.7 Å². The van der Waals surface area contributed by atoms with Gasteiger partial charge in [0, 0.05) is 13.0 Å². The van der Waals surface area contributed by atoms with E-state index in [2.05, 4.69) is 22.4 Å². The zero-order chi connectivity index (χ0) is 13.2. The van der Waals surface area contributed by atoms with Gasteiger partial charge < -0.3 is 9.84 Å². The van der Waals surface area contributed by atoms with E-state index in [1.807, 2.05) is 6.07 Å². The lowest BCUT2D eigenvalue weighted by molar-refractivity contribution is 0.337. The molecule has 0 bridgehead atoms. The van der Waals surface area contributed by atoms with Crippen LogP contribution in [-0.4, -0.2) is 23.2 Å². The number of hydrogen-bond acceptors (Lipinski definition) is 4. The van der Waals surface area contributed by atoms with Crippen LogP contribution in [0.3, 0.4) is 0 Å². The number of nitrogens with zero attached hydrogens (tertiary/aromatic N) is 2. The third-order valence-electron chi connectivity index (χ3n) is 3.62. The van der Waals surface area contributed by atoms with Gasteiger partial charge in [-0.1, -0.05) is 30.3 Å². The first-order valence-electron chi connectivity index (χ1n) is 6.50. The summed E-state index contributed by atoms with van der Waals surface area (Å²) in [6.07, 6.45) is 0.366. The molecular formula is C14H16FN3O. The van der Waals surface area contributed by atoms with Gasteiger partial charge in [-0.15, -0.1) is 0 Å². The number of rotatable bonds is 3. The highest BCUT2D eigenvalue weighted by atomic mass is 19.1. The van der Waals surface area contributed by atoms with E-state index in [9.17, 15) is 4.39 Å². The van der Waals surface area contributed by atoms with Gasteiger partial charge in [-0.2, -0.15) is 4.98 Å². The molecule has 0 spiro atoms. The summed E-state index contributed by atoms with van der Waals surface area (Å²) < 4.78 is 18.9. The summed E-state index contributed by atoms with van der Waals surface area (Å²) in [5.41, 5.74) is 0.590. The highest BCUT2D eigenvalue weighted by Gasteiger charge is 2.29. The second-order valence-electron chi connectivity index (χ2n) is 5.06. The monoisotopic (exact) mass is 261 g/mol. The van der Waals surface area contributed by atoms with Crippen LogP contribution in [0.2, 0.25) is 0 Å². The number of aromatic nitrogens is 2. The summed E-state index contributed by atoms with van der Waals surface area (Å²) in [7, 11) is 0. The summed E-state index contributed by atoms with van der Waals surface area (Å²) in [6, 6.07) is 6.67. The molecule has 19 heavy (non-hydrogen) atoms. The van der Waals surface area contributed by atoms with Crippen LogP contribution < -0.4 is 5.32 Å². The molecule has 3 rings (SSSR count). The Bertz CT molecular complexity index is 569. The number of benzene rings is 1. The predicted octanol–water partition coefficient (Wildman–Crippen LogP) is 2.12. The zero-order valence-electron chi connectivity index (χ0n) is 10.8. The topological polar surface area (TPSA) is 51.0 Å². The molecule has 0 saturated carbocycles. The minimum atomic E-state index is -0.232. The lowest BCUT2D eigenvalue weighted by Gasteiger charge is -2.07. The number of hydrogen-bond donors (Lipinski definition) is 1. The van der Waals surface area contributed by atoms with Crippen molar-refractivity contribution in [1.29, 1.82) is 0 Å². The van der Waals surface area contributed by atoms with Crippen LogP contribution in [0.25, 0.3) is 0 Å². The summed E-state index contributed by atoms with van der Waals surface area (Å²) in [4.78, 5) is 4.39. The van der Waals surface area contributed by atoms with Crippen molar-refractivity contribution in [2.24, 2.45) is 5.92 Å². The third kappa shape index (κ3) is 2.51. The fourth-order valence-electron chi connectivity index (χ4n) is 2.44. The summed E-state index contributed by atoms with van der Waals surface area (Å²) in [6.45, 7) is 3.99. The lowest BCUT2D eigenvalue weighted by atomic mass is 9.98. The Morgan fingerprint density at radius 3 is 2.95 bits per heavy atom. The van der Waals surface area contributed by atoms with Crippen molar-refractivity contribution in [2.45, 2.75) is 19.3 Å². The van der Waals surface area contributed by atoms with Crippen LogP contribution in [0.5, 0.6) is 0 Å². The fraction of sp³-hybridized carbons (Fsp3) is 0.429. The molecule has 4 nitrogen and oxygen atoms in total. The molecule has 0 amide bonds.